The fraction of sp³-hybridized carbons (Fsp3) is 0.500. The normalized spacial score (nSPS) is 21.6. The summed E-state index contributed by atoms with van der Waals surface area (Å²) in [5.41, 5.74) is 0.866. The highest BCUT2D eigenvalue weighted by Gasteiger charge is 2.45. The van der Waals surface area contributed by atoms with Crippen LogP contribution in [0.25, 0.3) is 0 Å². The number of nitrogens with zero attached hydrogens (tertiary/aromatic N) is 1. The molecule has 1 N–H and O–H groups in total. The molecule has 0 spiro atoms. The number of pyridine rings is 1. The van der Waals surface area contributed by atoms with Crippen LogP contribution in [0.2, 0.25) is 0 Å². The minimum Gasteiger partial charge on any atom is -0.350 e. The molecular formula is C12H15BrN2O. The van der Waals surface area contributed by atoms with Gasteiger partial charge in [-0.2, -0.15) is 0 Å². The summed E-state index contributed by atoms with van der Waals surface area (Å²) in [7, 11) is 0. The van der Waals surface area contributed by atoms with Gasteiger partial charge >= 0.3 is 0 Å². The summed E-state index contributed by atoms with van der Waals surface area (Å²) in [6.07, 6.45) is 1.19. The Morgan fingerprint density at radius 2 is 2.31 bits per heavy atom. The van der Waals surface area contributed by atoms with Crippen molar-refractivity contribution >= 4 is 21.8 Å². The second-order valence-corrected chi connectivity index (χ2v) is 5.76. The van der Waals surface area contributed by atoms with Crippen LogP contribution in [0.15, 0.2) is 22.8 Å². The lowest BCUT2D eigenvalue weighted by Crippen LogP contribution is -2.27. The van der Waals surface area contributed by atoms with Gasteiger partial charge in [0.2, 0.25) is 0 Å². The molecule has 1 aliphatic carbocycles. The van der Waals surface area contributed by atoms with Crippen molar-refractivity contribution in [3.05, 3.63) is 28.5 Å². The van der Waals surface area contributed by atoms with Gasteiger partial charge < -0.3 is 5.32 Å². The van der Waals surface area contributed by atoms with Crippen LogP contribution in [-0.4, -0.2) is 17.4 Å². The SMILES string of the molecule is CC1(C)CC1CNC(=O)c1cccc(Br)n1. The Labute approximate surface area is 104 Å². The number of rotatable bonds is 3. The number of aromatic nitrogens is 1. The molecule has 1 unspecified atom stereocenters. The molecule has 3 nitrogen and oxygen atoms in total. The summed E-state index contributed by atoms with van der Waals surface area (Å²) >= 11 is 3.25. The summed E-state index contributed by atoms with van der Waals surface area (Å²) in [5, 5.41) is 2.92. The van der Waals surface area contributed by atoms with Gasteiger partial charge in [0, 0.05) is 6.54 Å². The van der Waals surface area contributed by atoms with Crippen molar-refractivity contribution in [2.75, 3.05) is 6.54 Å². The van der Waals surface area contributed by atoms with Crippen LogP contribution < -0.4 is 5.32 Å². The fourth-order valence-corrected chi connectivity index (χ4v) is 2.11. The van der Waals surface area contributed by atoms with E-state index in [1.165, 1.54) is 6.42 Å². The molecule has 1 aliphatic rings. The first-order chi connectivity index (χ1) is 7.49. The third-order valence-corrected chi connectivity index (χ3v) is 3.62. The van der Waals surface area contributed by atoms with Gasteiger partial charge in [0.15, 0.2) is 0 Å². The largest absolute Gasteiger partial charge is 0.350 e. The van der Waals surface area contributed by atoms with Crippen molar-refractivity contribution in [1.29, 1.82) is 0 Å². The van der Waals surface area contributed by atoms with Gasteiger partial charge in [0.1, 0.15) is 10.3 Å². The Bertz CT molecular complexity index is 417. The Hall–Kier alpha value is -0.900. The topological polar surface area (TPSA) is 42.0 Å². The summed E-state index contributed by atoms with van der Waals surface area (Å²) in [4.78, 5) is 15.9. The molecule has 2 rings (SSSR count). The number of halogens is 1. The highest BCUT2D eigenvalue weighted by Crippen LogP contribution is 2.50. The predicted molar refractivity (Wildman–Crippen MR) is 66.2 cm³/mol. The third kappa shape index (κ3) is 2.61. The predicted octanol–water partition coefficient (Wildman–Crippen LogP) is 2.62. The van der Waals surface area contributed by atoms with E-state index >= 15 is 0 Å². The van der Waals surface area contributed by atoms with E-state index in [0.29, 0.717) is 21.6 Å². The number of hydrogen-bond donors (Lipinski definition) is 1. The van der Waals surface area contributed by atoms with Gasteiger partial charge in [-0.25, -0.2) is 4.98 Å². The van der Waals surface area contributed by atoms with E-state index in [9.17, 15) is 4.79 Å². The molecule has 1 atom stereocenters. The maximum absolute atomic E-state index is 11.7. The molecule has 1 aromatic heterocycles. The van der Waals surface area contributed by atoms with Gasteiger partial charge in [-0.3, -0.25) is 4.79 Å². The molecule has 16 heavy (non-hydrogen) atoms. The summed E-state index contributed by atoms with van der Waals surface area (Å²) in [6, 6.07) is 5.34. The lowest BCUT2D eigenvalue weighted by atomic mass is 10.1. The van der Waals surface area contributed by atoms with Gasteiger partial charge in [-0.15, -0.1) is 0 Å². The molecule has 1 amide bonds. The number of carbonyl (C=O) groups excluding carboxylic acids is 1. The Morgan fingerprint density at radius 1 is 1.62 bits per heavy atom. The van der Waals surface area contributed by atoms with Crippen LogP contribution in [0, 0.1) is 11.3 Å². The third-order valence-electron chi connectivity index (χ3n) is 3.17. The summed E-state index contributed by atoms with van der Waals surface area (Å²) in [6.45, 7) is 5.20. The lowest BCUT2D eigenvalue weighted by molar-refractivity contribution is 0.0945. The van der Waals surface area contributed by atoms with E-state index in [1.807, 2.05) is 6.07 Å². The molecule has 0 radical (unpaired) electrons. The molecule has 4 heteroatoms. The van der Waals surface area contributed by atoms with Crippen LogP contribution in [0.4, 0.5) is 0 Å². The first-order valence-corrected chi connectivity index (χ1v) is 6.19. The lowest BCUT2D eigenvalue weighted by Gasteiger charge is -2.06. The van der Waals surface area contributed by atoms with Crippen molar-refractivity contribution in [3.63, 3.8) is 0 Å². The zero-order chi connectivity index (χ0) is 11.8. The summed E-state index contributed by atoms with van der Waals surface area (Å²) < 4.78 is 0.687. The van der Waals surface area contributed by atoms with Gasteiger partial charge in [-0.1, -0.05) is 19.9 Å². The second-order valence-electron chi connectivity index (χ2n) is 4.95. The molecule has 0 aromatic carbocycles. The van der Waals surface area contributed by atoms with Crippen LogP contribution in [0.3, 0.4) is 0 Å². The van der Waals surface area contributed by atoms with E-state index in [4.69, 9.17) is 0 Å². The van der Waals surface area contributed by atoms with Crippen molar-refractivity contribution in [2.45, 2.75) is 20.3 Å². The molecule has 1 aromatic rings. The maximum atomic E-state index is 11.7. The molecule has 86 valence electrons. The van der Waals surface area contributed by atoms with E-state index in [-0.39, 0.29) is 5.91 Å². The molecule has 1 fully saturated rings. The van der Waals surface area contributed by atoms with Crippen LogP contribution in [0.5, 0.6) is 0 Å². The zero-order valence-corrected chi connectivity index (χ0v) is 11.0. The minimum absolute atomic E-state index is 0.0935. The van der Waals surface area contributed by atoms with Crippen molar-refractivity contribution < 1.29 is 4.79 Å². The van der Waals surface area contributed by atoms with Crippen molar-refractivity contribution in [1.82, 2.24) is 10.3 Å². The quantitative estimate of drug-likeness (QED) is 0.866. The molecule has 1 heterocycles. The van der Waals surface area contributed by atoms with Crippen molar-refractivity contribution in [2.24, 2.45) is 11.3 Å². The van der Waals surface area contributed by atoms with Crippen LogP contribution in [0.1, 0.15) is 30.8 Å². The maximum Gasteiger partial charge on any atom is 0.269 e. The number of amides is 1. The highest BCUT2D eigenvalue weighted by atomic mass is 79.9. The average molecular weight is 283 g/mol. The highest BCUT2D eigenvalue weighted by molar-refractivity contribution is 9.10. The molecule has 1 saturated carbocycles. The molecule has 0 bridgehead atoms. The Kier molecular flexibility index (Phi) is 3.02. The van der Waals surface area contributed by atoms with E-state index in [2.05, 4.69) is 40.1 Å². The standard InChI is InChI=1S/C12H15BrN2O/c1-12(2)6-8(12)7-14-11(16)9-4-3-5-10(13)15-9/h3-5,8H,6-7H2,1-2H3,(H,14,16). The first-order valence-electron chi connectivity index (χ1n) is 5.40. The molecule has 0 aliphatic heterocycles. The minimum atomic E-state index is -0.0935. The Balaban J connectivity index is 1.89. The average Bonchev–Trinajstić information content (AvgIpc) is 2.83. The fourth-order valence-electron chi connectivity index (χ4n) is 1.77. The molecular weight excluding hydrogens is 268 g/mol. The number of nitrogens with one attached hydrogen (secondary N) is 1. The van der Waals surface area contributed by atoms with Gasteiger partial charge in [0.25, 0.3) is 5.91 Å². The summed E-state index contributed by atoms with van der Waals surface area (Å²) in [5.74, 6) is 0.521. The van der Waals surface area contributed by atoms with E-state index in [1.54, 1.807) is 12.1 Å². The molecule has 0 saturated heterocycles. The smallest absolute Gasteiger partial charge is 0.269 e. The monoisotopic (exact) mass is 282 g/mol. The van der Waals surface area contributed by atoms with Crippen molar-refractivity contribution in [3.8, 4) is 0 Å². The zero-order valence-electron chi connectivity index (χ0n) is 9.46. The van der Waals surface area contributed by atoms with E-state index in [0.717, 1.165) is 6.54 Å². The Morgan fingerprint density at radius 3 is 2.88 bits per heavy atom. The van der Waals surface area contributed by atoms with Crippen LogP contribution in [-0.2, 0) is 0 Å². The number of carbonyl (C=O) groups is 1. The second kappa shape index (κ2) is 4.17. The first kappa shape index (κ1) is 11.6. The van der Waals surface area contributed by atoms with E-state index < -0.39 is 0 Å². The van der Waals surface area contributed by atoms with Gasteiger partial charge in [-0.05, 0) is 45.8 Å². The number of hydrogen-bond acceptors (Lipinski definition) is 2. The van der Waals surface area contributed by atoms with Crippen LogP contribution >= 0.6 is 15.9 Å². The van der Waals surface area contributed by atoms with Gasteiger partial charge in [0.05, 0.1) is 0 Å².